The third-order valence-corrected chi connectivity index (χ3v) is 7.32. The molecule has 0 heterocycles. The quantitative estimate of drug-likeness (QED) is 0.0365. The van der Waals surface area contributed by atoms with Gasteiger partial charge < -0.3 is 15.5 Å². The van der Waals surface area contributed by atoms with Gasteiger partial charge in [0.25, 0.3) is 10.1 Å². The number of hydrogen-bond donors (Lipinski definition) is 4. The van der Waals surface area contributed by atoms with Crippen LogP contribution in [0.3, 0.4) is 0 Å². The zero-order chi connectivity index (χ0) is 30.6. The highest BCUT2D eigenvalue weighted by Gasteiger charge is 2.27. The summed E-state index contributed by atoms with van der Waals surface area (Å²) >= 11 is 0. The molecular formula is C33H57NO6S. The first-order chi connectivity index (χ1) is 19.7. The molecule has 4 N–H and O–H groups in total. The lowest BCUT2D eigenvalue weighted by Crippen LogP contribution is -2.50. The largest absolute Gasteiger partial charge is 0.387 e. The molecule has 0 spiro atoms. The number of hydrogen-bond acceptors (Lipinski definition) is 5. The molecular weight excluding hydrogens is 538 g/mol. The van der Waals surface area contributed by atoms with Gasteiger partial charge in [-0.15, -0.1) is 0 Å². The van der Waals surface area contributed by atoms with E-state index >= 15 is 0 Å². The second kappa shape index (κ2) is 26.9. The normalized spacial score (nSPS) is 15.1. The van der Waals surface area contributed by atoms with Gasteiger partial charge in [0.1, 0.15) is 6.10 Å². The highest BCUT2D eigenvalue weighted by molar-refractivity contribution is 7.85. The minimum absolute atomic E-state index is 0.250. The molecule has 1 amide bonds. The molecule has 7 nitrogen and oxygen atoms in total. The van der Waals surface area contributed by atoms with Gasteiger partial charge in [-0.25, -0.2) is 0 Å². The fourth-order valence-corrected chi connectivity index (χ4v) is 4.86. The standard InChI is InChI=1S/C33H57NO6S/c1-3-5-7-9-11-13-15-16-17-18-20-22-24-26-28-32(36)33(37)34-30(29-41(38,39)40)31(35)27-25-23-21-19-14-12-10-8-6-4-2/h6,8,11,13-16,19,25,27,30-32,35-36H,3-5,7,9-10,12,17-18,20-24,26,28-29H2,1-2H3,(H,34,37)(H,38,39,40)/b8-6+,13-11-,16-15-,19-14+,27-25+. The Morgan fingerprint density at radius 2 is 1.24 bits per heavy atom. The maximum atomic E-state index is 12.5. The topological polar surface area (TPSA) is 124 Å². The average molecular weight is 596 g/mol. The van der Waals surface area contributed by atoms with E-state index in [1.807, 2.05) is 0 Å². The molecule has 236 valence electrons. The SMILES string of the molecule is CC/C=C/CC/C=C/CC/C=C/C(O)C(CS(=O)(=O)O)NC(=O)C(O)CCCCCCC/C=C\C=C/CCCCC. The van der Waals surface area contributed by atoms with Gasteiger partial charge in [0.05, 0.1) is 17.9 Å². The van der Waals surface area contributed by atoms with E-state index in [1.165, 1.54) is 25.3 Å². The van der Waals surface area contributed by atoms with Crippen LogP contribution in [0.1, 0.15) is 117 Å². The first kappa shape index (κ1) is 39.0. The molecule has 0 aromatic carbocycles. The fraction of sp³-hybridized carbons (Fsp3) is 0.667. The van der Waals surface area contributed by atoms with E-state index < -0.39 is 40.0 Å². The Balaban J connectivity index is 4.32. The molecule has 0 aromatic rings. The first-order valence-corrected chi connectivity index (χ1v) is 17.2. The molecule has 0 aliphatic heterocycles. The van der Waals surface area contributed by atoms with Crippen LogP contribution < -0.4 is 5.32 Å². The van der Waals surface area contributed by atoms with Crippen molar-refractivity contribution in [3.05, 3.63) is 60.8 Å². The van der Waals surface area contributed by atoms with Crippen molar-refractivity contribution < 1.29 is 28.0 Å². The monoisotopic (exact) mass is 595 g/mol. The maximum Gasteiger partial charge on any atom is 0.267 e. The van der Waals surface area contributed by atoms with Crippen molar-refractivity contribution in [2.24, 2.45) is 0 Å². The van der Waals surface area contributed by atoms with Crippen LogP contribution in [0, 0.1) is 0 Å². The van der Waals surface area contributed by atoms with Gasteiger partial charge in [-0.05, 0) is 64.2 Å². The van der Waals surface area contributed by atoms with Crippen LogP contribution in [0.25, 0.3) is 0 Å². The molecule has 0 rings (SSSR count). The molecule has 0 radical (unpaired) electrons. The Morgan fingerprint density at radius 1 is 0.707 bits per heavy atom. The Labute approximate surface area is 250 Å². The number of amides is 1. The van der Waals surface area contributed by atoms with E-state index in [0.29, 0.717) is 12.8 Å². The van der Waals surface area contributed by atoms with Crippen molar-refractivity contribution >= 4 is 16.0 Å². The minimum atomic E-state index is -4.45. The summed E-state index contributed by atoms with van der Waals surface area (Å²) in [5.74, 6) is -1.59. The van der Waals surface area contributed by atoms with E-state index in [2.05, 4.69) is 67.8 Å². The van der Waals surface area contributed by atoms with Crippen LogP contribution in [0.15, 0.2) is 60.8 Å². The molecule has 0 saturated carbocycles. The number of nitrogens with one attached hydrogen (secondary N) is 1. The second-order valence-electron chi connectivity index (χ2n) is 10.5. The molecule has 0 saturated heterocycles. The van der Waals surface area contributed by atoms with Crippen molar-refractivity contribution in [3.8, 4) is 0 Å². The first-order valence-electron chi connectivity index (χ1n) is 15.6. The van der Waals surface area contributed by atoms with Gasteiger partial charge in [-0.1, -0.05) is 113 Å². The molecule has 3 atom stereocenters. The Bertz CT molecular complexity index is 891. The van der Waals surface area contributed by atoms with Crippen LogP contribution >= 0.6 is 0 Å². The summed E-state index contributed by atoms with van der Waals surface area (Å²) in [5, 5.41) is 23.1. The Morgan fingerprint density at radius 3 is 1.83 bits per heavy atom. The number of aliphatic hydroxyl groups is 2. The fourth-order valence-electron chi connectivity index (χ4n) is 4.13. The highest BCUT2D eigenvalue weighted by atomic mass is 32.2. The number of carbonyl (C=O) groups excluding carboxylic acids is 1. The Kier molecular flexibility index (Phi) is 25.6. The number of rotatable bonds is 26. The van der Waals surface area contributed by atoms with Gasteiger partial charge in [0, 0.05) is 0 Å². The molecule has 0 bridgehead atoms. The van der Waals surface area contributed by atoms with Crippen molar-refractivity contribution in [3.63, 3.8) is 0 Å². The van der Waals surface area contributed by atoms with E-state index in [4.69, 9.17) is 0 Å². The lowest BCUT2D eigenvalue weighted by atomic mass is 10.1. The van der Waals surface area contributed by atoms with Crippen LogP contribution in [0.5, 0.6) is 0 Å². The number of carbonyl (C=O) groups is 1. The van der Waals surface area contributed by atoms with E-state index in [1.54, 1.807) is 6.08 Å². The van der Waals surface area contributed by atoms with E-state index in [-0.39, 0.29) is 6.42 Å². The molecule has 0 aliphatic rings. The van der Waals surface area contributed by atoms with Crippen LogP contribution in [0.2, 0.25) is 0 Å². The molecule has 8 heteroatoms. The second-order valence-corrected chi connectivity index (χ2v) is 12.0. The summed E-state index contributed by atoms with van der Waals surface area (Å²) < 4.78 is 32.2. The summed E-state index contributed by atoms with van der Waals surface area (Å²) in [7, 11) is -4.45. The highest BCUT2D eigenvalue weighted by Crippen LogP contribution is 2.11. The summed E-state index contributed by atoms with van der Waals surface area (Å²) in [6.45, 7) is 4.30. The molecule has 0 aliphatic carbocycles. The molecule has 0 fully saturated rings. The molecule has 41 heavy (non-hydrogen) atoms. The zero-order valence-electron chi connectivity index (χ0n) is 25.5. The van der Waals surface area contributed by atoms with E-state index in [0.717, 1.165) is 64.2 Å². The molecule has 3 unspecified atom stereocenters. The third-order valence-electron chi connectivity index (χ3n) is 6.54. The average Bonchev–Trinajstić information content (AvgIpc) is 2.92. The number of unbranched alkanes of at least 4 members (excludes halogenated alkanes) is 10. The lowest BCUT2D eigenvalue weighted by molar-refractivity contribution is -0.130. The summed E-state index contributed by atoms with van der Waals surface area (Å²) in [6, 6.07) is -1.26. The predicted octanol–water partition coefficient (Wildman–Crippen LogP) is 7.14. The third kappa shape index (κ3) is 26.6. The van der Waals surface area contributed by atoms with Crippen molar-refractivity contribution in [1.82, 2.24) is 5.32 Å². The van der Waals surface area contributed by atoms with Gasteiger partial charge in [-0.3, -0.25) is 9.35 Å². The van der Waals surface area contributed by atoms with Crippen LogP contribution in [-0.4, -0.2) is 53.1 Å². The van der Waals surface area contributed by atoms with E-state index in [9.17, 15) is 28.0 Å². The summed E-state index contributed by atoms with van der Waals surface area (Å²) in [5.41, 5.74) is 0. The number of aliphatic hydroxyl groups excluding tert-OH is 2. The van der Waals surface area contributed by atoms with Gasteiger partial charge >= 0.3 is 0 Å². The van der Waals surface area contributed by atoms with Gasteiger partial charge in [-0.2, -0.15) is 8.42 Å². The van der Waals surface area contributed by atoms with Gasteiger partial charge in [0.15, 0.2) is 0 Å². The lowest BCUT2D eigenvalue weighted by Gasteiger charge is -2.22. The smallest absolute Gasteiger partial charge is 0.267 e. The minimum Gasteiger partial charge on any atom is -0.387 e. The van der Waals surface area contributed by atoms with Crippen molar-refractivity contribution in [2.75, 3.05) is 5.75 Å². The van der Waals surface area contributed by atoms with Crippen LogP contribution in [0.4, 0.5) is 0 Å². The summed E-state index contributed by atoms with van der Waals surface area (Å²) in [4.78, 5) is 12.5. The molecule has 0 aromatic heterocycles. The Hall–Kier alpha value is -2.00. The predicted molar refractivity (Wildman–Crippen MR) is 171 cm³/mol. The van der Waals surface area contributed by atoms with Crippen molar-refractivity contribution in [2.45, 2.75) is 135 Å². The summed E-state index contributed by atoms with van der Waals surface area (Å²) in [6.07, 6.45) is 32.9. The van der Waals surface area contributed by atoms with Crippen molar-refractivity contribution in [1.29, 1.82) is 0 Å². The zero-order valence-corrected chi connectivity index (χ0v) is 26.3. The van der Waals surface area contributed by atoms with Crippen LogP contribution in [-0.2, 0) is 14.9 Å². The number of allylic oxidation sites excluding steroid dienone is 9. The van der Waals surface area contributed by atoms with Gasteiger partial charge in [0.2, 0.25) is 5.91 Å². The maximum absolute atomic E-state index is 12.5.